The third-order valence-electron chi connectivity index (χ3n) is 6.74. The van der Waals surface area contributed by atoms with Crippen molar-refractivity contribution in [2.24, 2.45) is 4.99 Å². The molecule has 0 atom stereocenters. The molecular formula is C32H31N5O4S. The number of para-hydroxylation sites is 1. The number of carbonyl (C=O) groups excluding carboxylic acids is 1. The molecule has 0 aliphatic heterocycles. The summed E-state index contributed by atoms with van der Waals surface area (Å²) < 4.78 is 29.1. The lowest BCUT2D eigenvalue weighted by molar-refractivity contribution is -0.116. The predicted molar refractivity (Wildman–Crippen MR) is 167 cm³/mol. The number of aromatic nitrogens is 1. The van der Waals surface area contributed by atoms with Gasteiger partial charge in [0.05, 0.1) is 21.9 Å². The Morgan fingerprint density at radius 2 is 1.60 bits per heavy atom. The number of likely N-dealkylation sites (N-methyl/N-ethyl adjacent to an activating group) is 1. The fourth-order valence-corrected chi connectivity index (χ4v) is 5.76. The SMILES string of the molecule is CNCCN(C(C)=O)c1ccc(N=C(c2ccccc2)c2c(O)[nH]c3ccc(S(=O)(=O)Nc4ccccc4)cc23)cc1. The Morgan fingerprint density at radius 1 is 0.929 bits per heavy atom. The number of nitrogens with zero attached hydrogens (tertiary/aromatic N) is 2. The van der Waals surface area contributed by atoms with Gasteiger partial charge in [-0.1, -0.05) is 48.5 Å². The van der Waals surface area contributed by atoms with Gasteiger partial charge in [0.15, 0.2) is 5.88 Å². The first-order valence-electron chi connectivity index (χ1n) is 13.4. The number of sulfonamides is 1. The number of aliphatic imine (C=N–C) groups is 1. The van der Waals surface area contributed by atoms with Gasteiger partial charge in [-0.25, -0.2) is 13.4 Å². The molecule has 1 heterocycles. The highest BCUT2D eigenvalue weighted by atomic mass is 32.2. The second-order valence-corrected chi connectivity index (χ2v) is 11.3. The molecule has 0 fully saturated rings. The van der Waals surface area contributed by atoms with E-state index in [0.29, 0.717) is 46.6 Å². The van der Waals surface area contributed by atoms with E-state index < -0.39 is 10.0 Å². The third-order valence-corrected chi connectivity index (χ3v) is 8.12. The monoisotopic (exact) mass is 581 g/mol. The molecule has 1 amide bonds. The highest BCUT2D eigenvalue weighted by molar-refractivity contribution is 7.92. The number of H-pyrrole nitrogens is 1. The van der Waals surface area contributed by atoms with E-state index in [9.17, 15) is 18.3 Å². The Labute approximate surface area is 244 Å². The highest BCUT2D eigenvalue weighted by Crippen LogP contribution is 2.33. The van der Waals surface area contributed by atoms with Crippen LogP contribution < -0.4 is 14.9 Å². The van der Waals surface area contributed by atoms with E-state index in [-0.39, 0.29) is 16.7 Å². The van der Waals surface area contributed by atoms with Crippen molar-refractivity contribution in [3.05, 3.63) is 114 Å². The molecule has 0 saturated carbocycles. The number of hydrogen-bond donors (Lipinski definition) is 4. The molecule has 0 radical (unpaired) electrons. The van der Waals surface area contributed by atoms with Crippen molar-refractivity contribution in [3.8, 4) is 5.88 Å². The number of amides is 1. The molecule has 214 valence electrons. The maximum atomic E-state index is 13.2. The summed E-state index contributed by atoms with van der Waals surface area (Å²) in [5, 5.41) is 14.6. The zero-order valence-corrected chi connectivity index (χ0v) is 24.0. The molecular weight excluding hydrogens is 550 g/mol. The Balaban J connectivity index is 1.59. The number of anilines is 2. The molecule has 1 aromatic heterocycles. The largest absolute Gasteiger partial charge is 0.494 e. The maximum Gasteiger partial charge on any atom is 0.261 e. The number of fused-ring (bicyclic) bond motifs is 1. The predicted octanol–water partition coefficient (Wildman–Crippen LogP) is 5.42. The molecule has 9 nitrogen and oxygen atoms in total. The summed E-state index contributed by atoms with van der Waals surface area (Å²) in [5.41, 5.74) is 3.90. The molecule has 5 aromatic rings. The molecule has 0 aliphatic carbocycles. The molecule has 10 heteroatoms. The first-order chi connectivity index (χ1) is 20.3. The minimum Gasteiger partial charge on any atom is -0.494 e. The van der Waals surface area contributed by atoms with Crippen LogP contribution in [0.3, 0.4) is 0 Å². The molecule has 0 bridgehead atoms. The van der Waals surface area contributed by atoms with E-state index in [0.717, 1.165) is 11.3 Å². The summed E-state index contributed by atoms with van der Waals surface area (Å²) in [5.74, 6) is -0.202. The van der Waals surface area contributed by atoms with Crippen LogP contribution in [0.5, 0.6) is 5.88 Å². The van der Waals surface area contributed by atoms with Crippen molar-refractivity contribution in [2.75, 3.05) is 29.8 Å². The van der Waals surface area contributed by atoms with Gasteiger partial charge in [0.1, 0.15) is 0 Å². The van der Waals surface area contributed by atoms with Crippen molar-refractivity contribution in [1.82, 2.24) is 10.3 Å². The second-order valence-electron chi connectivity index (χ2n) is 9.64. The van der Waals surface area contributed by atoms with Gasteiger partial charge in [0.2, 0.25) is 5.91 Å². The Morgan fingerprint density at radius 3 is 2.24 bits per heavy atom. The van der Waals surface area contributed by atoms with E-state index >= 15 is 0 Å². The third kappa shape index (κ3) is 6.19. The van der Waals surface area contributed by atoms with E-state index in [1.807, 2.05) is 49.5 Å². The zero-order valence-electron chi connectivity index (χ0n) is 23.2. The highest BCUT2D eigenvalue weighted by Gasteiger charge is 2.22. The zero-order chi connectivity index (χ0) is 29.7. The topological polar surface area (TPSA) is 127 Å². The second kappa shape index (κ2) is 12.3. The van der Waals surface area contributed by atoms with Crippen LogP contribution in [0, 0.1) is 0 Å². The normalized spacial score (nSPS) is 11.9. The van der Waals surface area contributed by atoms with Crippen molar-refractivity contribution in [3.63, 3.8) is 0 Å². The summed E-state index contributed by atoms with van der Waals surface area (Å²) in [6, 6.07) is 29.9. The Hall–Kier alpha value is -4.93. The van der Waals surface area contributed by atoms with Gasteiger partial charge < -0.3 is 20.3 Å². The van der Waals surface area contributed by atoms with Crippen LogP contribution in [0.25, 0.3) is 10.9 Å². The first-order valence-corrected chi connectivity index (χ1v) is 14.8. The van der Waals surface area contributed by atoms with E-state index in [2.05, 4.69) is 15.0 Å². The number of hydrogen-bond acceptors (Lipinski definition) is 6. The summed E-state index contributed by atoms with van der Waals surface area (Å²) in [6.07, 6.45) is 0. The van der Waals surface area contributed by atoms with Crippen LogP contribution in [-0.4, -0.2) is 50.3 Å². The average Bonchev–Trinajstić information content (AvgIpc) is 3.32. The van der Waals surface area contributed by atoms with Gasteiger partial charge in [-0.15, -0.1) is 0 Å². The molecule has 0 spiro atoms. The molecule has 0 unspecified atom stereocenters. The summed E-state index contributed by atoms with van der Waals surface area (Å²) >= 11 is 0. The van der Waals surface area contributed by atoms with Crippen molar-refractivity contribution < 1.29 is 18.3 Å². The number of aromatic hydroxyl groups is 1. The van der Waals surface area contributed by atoms with Crippen molar-refractivity contribution >= 4 is 49.6 Å². The standard InChI is InChI=1S/C32H31N5O4S/c1-22(38)37(20-19-33-2)26-15-13-24(14-16-26)34-31(23-9-5-3-6-10-23)30-28-21-27(17-18-29(28)35-32(30)39)42(40,41)36-25-11-7-4-8-12-25/h3-18,21,33,35-36,39H,19-20H2,1-2H3. The van der Waals surface area contributed by atoms with Gasteiger partial charge in [0.25, 0.3) is 10.0 Å². The first kappa shape index (κ1) is 28.6. The minimum absolute atomic E-state index is 0.0433. The van der Waals surface area contributed by atoms with E-state index in [1.54, 1.807) is 53.4 Å². The lowest BCUT2D eigenvalue weighted by Crippen LogP contribution is -2.34. The molecule has 4 aromatic carbocycles. The van der Waals surface area contributed by atoms with Crippen LogP contribution in [0.15, 0.2) is 113 Å². The molecule has 4 N–H and O–H groups in total. The summed E-state index contributed by atoms with van der Waals surface area (Å²) in [6.45, 7) is 2.70. The lowest BCUT2D eigenvalue weighted by atomic mass is 10.0. The van der Waals surface area contributed by atoms with Crippen molar-refractivity contribution in [2.45, 2.75) is 11.8 Å². The van der Waals surface area contributed by atoms with Crippen LogP contribution in [0.2, 0.25) is 0 Å². The average molecular weight is 582 g/mol. The number of nitrogens with one attached hydrogen (secondary N) is 3. The van der Waals surface area contributed by atoms with Gasteiger partial charge in [-0.3, -0.25) is 9.52 Å². The van der Waals surface area contributed by atoms with Crippen molar-refractivity contribution in [1.29, 1.82) is 0 Å². The molecule has 5 rings (SSSR count). The summed E-state index contributed by atoms with van der Waals surface area (Å²) in [4.78, 5) is 21.8. The quantitative estimate of drug-likeness (QED) is 0.164. The van der Waals surface area contributed by atoms with Crippen LogP contribution in [0.1, 0.15) is 18.1 Å². The smallest absolute Gasteiger partial charge is 0.261 e. The number of rotatable bonds is 10. The summed E-state index contributed by atoms with van der Waals surface area (Å²) in [7, 11) is -2.08. The Kier molecular flexibility index (Phi) is 8.37. The molecule has 0 saturated heterocycles. The minimum atomic E-state index is -3.91. The Bertz CT molecular complexity index is 1840. The number of carbonyl (C=O) groups is 1. The van der Waals surface area contributed by atoms with Gasteiger partial charge in [-0.2, -0.15) is 0 Å². The maximum absolute atomic E-state index is 13.2. The van der Waals surface area contributed by atoms with Crippen LogP contribution >= 0.6 is 0 Å². The number of benzene rings is 4. The van der Waals surface area contributed by atoms with E-state index in [1.165, 1.54) is 19.1 Å². The fourth-order valence-electron chi connectivity index (χ4n) is 4.67. The van der Waals surface area contributed by atoms with Crippen LogP contribution in [-0.2, 0) is 14.8 Å². The van der Waals surface area contributed by atoms with Gasteiger partial charge in [0, 0.05) is 47.9 Å². The molecule has 0 aliphatic rings. The fraction of sp³-hybridized carbons (Fsp3) is 0.125. The van der Waals surface area contributed by atoms with Gasteiger partial charge in [-0.05, 0) is 61.6 Å². The molecule has 42 heavy (non-hydrogen) atoms. The van der Waals surface area contributed by atoms with E-state index in [4.69, 9.17) is 4.99 Å². The van der Waals surface area contributed by atoms with Crippen LogP contribution in [0.4, 0.5) is 17.1 Å². The lowest BCUT2D eigenvalue weighted by Gasteiger charge is -2.21. The number of aromatic amines is 1. The van der Waals surface area contributed by atoms with Gasteiger partial charge >= 0.3 is 0 Å².